The Labute approximate surface area is 209 Å². The molecule has 1 saturated heterocycles. The second kappa shape index (κ2) is 9.61. The molecule has 5 aromatic rings. The van der Waals surface area contributed by atoms with E-state index in [2.05, 4.69) is 61.1 Å². The van der Waals surface area contributed by atoms with Crippen LogP contribution >= 0.6 is 34.0 Å². The summed E-state index contributed by atoms with van der Waals surface area (Å²) in [5.41, 5.74) is 5.33. The van der Waals surface area contributed by atoms with E-state index in [-0.39, 0.29) is 0 Å². The van der Waals surface area contributed by atoms with Crippen molar-refractivity contribution in [3.8, 4) is 21.0 Å². The first-order valence-electron chi connectivity index (χ1n) is 11.2. The van der Waals surface area contributed by atoms with Gasteiger partial charge >= 0.3 is 0 Å². The van der Waals surface area contributed by atoms with Gasteiger partial charge in [-0.1, -0.05) is 47.7 Å². The van der Waals surface area contributed by atoms with Crippen molar-refractivity contribution in [2.24, 2.45) is 5.10 Å². The van der Waals surface area contributed by atoms with E-state index in [1.807, 2.05) is 24.4 Å². The van der Waals surface area contributed by atoms with Gasteiger partial charge in [0.15, 0.2) is 10.9 Å². The third kappa shape index (κ3) is 4.34. The van der Waals surface area contributed by atoms with Gasteiger partial charge in [0.05, 0.1) is 21.4 Å². The maximum absolute atomic E-state index is 5.00. The van der Waals surface area contributed by atoms with E-state index in [1.165, 1.54) is 24.8 Å². The largest absolute Gasteiger partial charge is 0.348 e. The summed E-state index contributed by atoms with van der Waals surface area (Å²) >= 11 is 5.07. The molecule has 34 heavy (non-hydrogen) atoms. The number of anilines is 2. The SMILES string of the molecule is C(=N/Nc1ncnc2sc(-c3ccccc3)cc12)/c1sc(N2CCCCC2)nc1-c1cccs1. The maximum atomic E-state index is 5.00. The lowest BCUT2D eigenvalue weighted by molar-refractivity contribution is 0.577. The number of benzene rings is 1. The molecule has 1 N–H and O–H groups in total. The normalized spacial score (nSPS) is 14.3. The summed E-state index contributed by atoms with van der Waals surface area (Å²) in [4.78, 5) is 20.6. The molecule has 170 valence electrons. The number of thiazole rings is 1. The predicted molar refractivity (Wildman–Crippen MR) is 146 cm³/mol. The number of rotatable bonds is 6. The lowest BCUT2D eigenvalue weighted by Gasteiger charge is -2.25. The van der Waals surface area contributed by atoms with E-state index < -0.39 is 0 Å². The third-order valence-electron chi connectivity index (χ3n) is 5.76. The van der Waals surface area contributed by atoms with Gasteiger partial charge in [0.25, 0.3) is 0 Å². The maximum Gasteiger partial charge on any atom is 0.186 e. The molecule has 5 heterocycles. The fourth-order valence-electron chi connectivity index (χ4n) is 4.06. The van der Waals surface area contributed by atoms with Crippen LogP contribution in [-0.4, -0.2) is 34.3 Å². The highest BCUT2D eigenvalue weighted by Gasteiger charge is 2.19. The highest BCUT2D eigenvalue weighted by Crippen LogP contribution is 2.36. The summed E-state index contributed by atoms with van der Waals surface area (Å²) < 4.78 is 0. The van der Waals surface area contributed by atoms with Crippen molar-refractivity contribution < 1.29 is 0 Å². The van der Waals surface area contributed by atoms with E-state index >= 15 is 0 Å². The van der Waals surface area contributed by atoms with Gasteiger partial charge < -0.3 is 4.90 Å². The molecule has 9 heteroatoms. The first-order chi connectivity index (χ1) is 16.8. The van der Waals surface area contributed by atoms with Crippen LogP contribution in [0.2, 0.25) is 0 Å². The summed E-state index contributed by atoms with van der Waals surface area (Å²) in [6.45, 7) is 2.15. The number of fused-ring (bicyclic) bond motifs is 1. The van der Waals surface area contributed by atoms with E-state index in [4.69, 9.17) is 4.98 Å². The van der Waals surface area contributed by atoms with Crippen LogP contribution < -0.4 is 10.3 Å². The van der Waals surface area contributed by atoms with Gasteiger partial charge in [-0.05, 0) is 42.3 Å². The van der Waals surface area contributed by atoms with Crippen LogP contribution in [0.1, 0.15) is 24.1 Å². The van der Waals surface area contributed by atoms with E-state index in [9.17, 15) is 0 Å². The van der Waals surface area contributed by atoms with Crippen molar-refractivity contribution in [2.45, 2.75) is 19.3 Å². The number of nitrogens with one attached hydrogen (secondary N) is 1. The summed E-state index contributed by atoms with van der Waals surface area (Å²) in [5.74, 6) is 0.707. The minimum atomic E-state index is 0.707. The Morgan fingerprint density at radius 2 is 1.82 bits per heavy atom. The molecule has 4 aromatic heterocycles. The van der Waals surface area contributed by atoms with Gasteiger partial charge in [-0.15, -0.1) is 22.7 Å². The van der Waals surface area contributed by atoms with Crippen molar-refractivity contribution in [2.75, 3.05) is 23.4 Å². The quantitative estimate of drug-likeness (QED) is 0.200. The van der Waals surface area contributed by atoms with Gasteiger partial charge in [-0.3, -0.25) is 5.43 Å². The Hall–Kier alpha value is -3.14. The fraction of sp³-hybridized carbons (Fsp3) is 0.200. The Kier molecular flexibility index (Phi) is 6.05. The molecule has 0 amide bonds. The fourth-order valence-corrected chi connectivity index (χ4v) is 6.86. The van der Waals surface area contributed by atoms with Crippen LogP contribution in [0, 0.1) is 0 Å². The summed E-state index contributed by atoms with van der Waals surface area (Å²) in [7, 11) is 0. The Morgan fingerprint density at radius 3 is 2.65 bits per heavy atom. The highest BCUT2D eigenvalue weighted by atomic mass is 32.1. The molecule has 0 saturated carbocycles. The zero-order valence-corrected chi connectivity index (χ0v) is 20.8. The molecule has 6 rings (SSSR count). The molecule has 0 aliphatic carbocycles. The van der Waals surface area contributed by atoms with Crippen LogP contribution in [0.15, 0.2) is 65.3 Å². The standard InChI is InChI=1S/C25H22N6S3/c1-3-8-17(9-4-1)20-14-18-23(26-16-27-24(18)33-20)30-28-15-21-22(19-10-7-13-32-19)29-25(34-21)31-11-5-2-6-12-31/h1,3-4,7-10,13-16H,2,5-6,11-12H2,(H,26,27,30)/b28-15-. The van der Waals surface area contributed by atoms with Gasteiger partial charge in [0.2, 0.25) is 0 Å². The molecule has 0 atom stereocenters. The van der Waals surface area contributed by atoms with Crippen LogP contribution in [0.25, 0.3) is 31.2 Å². The number of hydrazone groups is 1. The molecule has 0 unspecified atom stereocenters. The van der Waals surface area contributed by atoms with Crippen LogP contribution in [0.5, 0.6) is 0 Å². The number of thiophene rings is 2. The molecule has 6 nitrogen and oxygen atoms in total. The monoisotopic (exact) mass is 502 g/mol. The molecule has 1 fully saturated rings. The minimum absolute atomic E-state index is 0.707. The van der Waals surface area contributed by atoms with E-state index in [0.29, 0.717) is 5.82 Å². The molecule has 1 aliphatic rings. The number of hydrogen-bond donors (Lipinski definition) is 1. The Balaban J connectivity index is 1.29. The van der Waals surface area contributed by atoms with Crippen molar-refractivity contribution >= 4 is 61.4 Å². The van der Waals surface area contributed by atoms with E-state index in [0.717, 1.165) is 48.8 Å². The lowest BCUT2D eigenvalue weighted by Crippen LogP contribution is -2.29. The summed E-state index contributed by atoms with van der Waals surface area (Å²) in [6.07, 6.45) is 7.23. The van der Waals surface area contributed by atoms with E-state index in [1.54, 1.807) is 40.3 Å². The van der Waals surface area contributed by atoms with Crippen LogP contribution in [-0.2, 0) is 0 Å². The average Bonchev–Trinajstić information content (AvgIpc) is 3.65. The van der Waals surface area contributed by atoms with Crippen LogP contribution in [0.4, 0.5) is 10.9 Å². The number of piperidine rings is 1. The highest BCUT2D eigenvalue weighted by molar-refractivity contribution is 7.22. The second-order valence-electron chi connectivity index (χ2n) is 8.02. The summed E-state index contributed by atoms with van der Waals surface area (Å²) in [5, 5.41) is 8.71. The lowest BCUT2D eigenvalue weighted by atomic mass is 10.1. The van der Waals surface area contributed by atoms with Crippen molar-refractivity contribution in [3.05, 3.63) is 65.1 Å². The predicted octanol–water partition coefficient (Wildman–Crippen LogP) is 6.98. The molecular formula is C25H22N6S3. The van der Waals surface area contributed by atoms with Gasteiger partial charge in [0.1, 0.15) is 16.9 Å². The smallest absolute Gasteiger partial charge is 0.186 e. The number of aromatic nitrogens is 3. The molecule has 0 radical (unpaired) electrons. The van der Waals surface area contributed by atoms with Gasteiger partial charge in [-0.2, -0.15) is 5.10 Å². The van der Waals surface area contributed by atoms with Crippen molar-refractivity contribution in [1.82, 2.24) is 15.0 Å². The minimum Gasteiger partial charge on any atom is -0.348 e. The third-order valence-corrected chi connectivity index (χ3v) is 8.78. The topological polar surface area (TPSA) is 66.3 Å². The zero-order chi connectivity index (χ0) is 22.7. The summed E-state index contributed by atoms with van der Waals surface area (Å²) in [6, 6.07) is 16.7. The van der Waals surface area contributed by atoms with Gasteiger partial charge in [-0.25, -0.2) is 15.0 Å². The molecule has 0 spiro atoms. The first-order valence-corrected chi connectivity index (χ1v) is 13.7. The number of hydrogen-bond acceptors (Lipinski definition) is 9. The van der Waals surface area contributed by atoms with Crippen molar-refractivity contribution in [3.63, 3.8) is 0 Å². The Morgan fingerprint density at radius 1 is 0.941 bits per heavy atom. The molecule has 1 aliphatic heterocycles. The molecule has 1 aromatic carbocycles. The first kappa shape index (κ1) is 21.4. The van der Waals surface area contributed by atoms with Crippen molar-refractivity contribution in [1.29, 1.82) is 0 Å². The van der Waals surface area contributed by atoms with Crippen LogP contribution in [0.3, 0.4) is 0 Å². The average molecular weight is 503 g/mol. The second-order valence-corrected chi connectivity index (χ2v) is 11.0. The van der Waals surface area contributed by atoms with Gasteiger partial charge in [0, 0.05) is 18.0 Å². The number of nitrogens with zero attached hydrogens (tertiary/aromatic N) is 5. The zero-order valence-electron chi connectivity index (χ0n) is 18.3. The molecule has 0 bridgehead atoms. The molecular weight excluding hydrogens is 481 g/mol. The Bertz CT molecular complexity index is 1420.